The van der Waals surface area contributed by atoms with Crippen LogP contribution in [-0.4, -0.2) is 4.90 Å². The van der Waals surface area contributed by atoms with Gasteiger partial charge >= 0.3 is 0 Å². The van der Waals surface area contributed by atoms with Gasteiger partial charge in [0.05, 0.1) is 0 Å². The fraction of sp³-hybridized carbons (Fsp3) is 0.143. The van der Waals surface area contributed by atoms with Gasteiger partial charge in [-0.25, -0.2) is 0 Å². The van der Waals surface area contributed by atoms with Crippen LogP contribution < -0.4 is 0 Å². The fourth-order valence-electron chi connectivity index (χ4n) is 1.51. The summed E-state index contributed by atoms with van der Waals surface area (Å²) in [5.74, 6) is 0. The summed E-state index contributed by atoms with van der Waals surface area (Å²) in [6.45, 7) is 15.8. The Kier molecular flexibility index (Phi) is 3.51. The van der Waals surface area contributed by atoms with E-state index in [0.717, 1.165) is 17.0 Å². The van der Waals surface area contributed by atoms with Crippen molar-refractivity contribution in [2.24, 2.45) is 0 Å². The van der Waals surface area contributed by atoms with Crippen LogP contribution in [0.4, 0.5) is 0 Å². The molecule has 0 saturated heterocycles. The Labute approximate surface area is 92.1 Å². The zero-order valence-corrected chi connectivity index (χ0v) is 9.46. The molecule has 0 spiro atoms. The molecule has 1 aliphatic heterocycles. The van der Waals surface area contributed by atoms with Crippen LogP contribution in [0.5, 0.6) is 0 Å². The second-order valence-electron chi connectivity index (χ2n) is 3.57. The Morgan fingerprint density at radius 1 is 1.33 bits per heavy atom. The van der Waals surface area contributed by atoms with Gasteiger partial charge in [-0.05, 0) is 31.6 Å². The Morgan fingerprint density at radius 2 is 2.00 bits per heavy atom. The van der Waals surface area contributed by atoms with Gasteiger partial charge in [0, 0.05) is 17.6 Å². The van der Waals surface area contributed by atoms with Crippen LogP contribution >= 0.6 is 0 Å². The summed E-state index contributed by atoms with van der Waals surface area (Å²) >= 11 is 0. The third-order valence-corrected chi connectivity index (χ3v) is 2.32. The SMILES string of the molecule is C=CC1=CC=CN(C(C=C)=C(C)C)C1=C. The molecule has 78 valence electrons. The summed E-state index contributed by atoms with van der Waals surface area (Å²) in [4.78, 5) is 2.03. The van der Waals surface area contributed by atoms with Crippen LogP contribution in [0, 0.1) is 0 Å². The van der Waals surface area contributed by atoms with Crippen molar-refractivity contribution in [2.45, 2.75) is 13.8 Å². The molecule has 1 heterocycles. The smallest absolute Gasteiger partial charge is 0.0455 e. The highest BCUT2D eigenvalue weighted by molar-refractivity contribution is 5.46. The van der Waals surface area contributed by atoms with E-state index >= 15 is 0 Å². The largest absolute Gasteiger partial charge is 0.317 e. The van der Waals surface area contributed by atoms with Gasteiger partial charge in [-0.3, -0.25) is 0 Å². The molecule has 0 atom stereocenters. The normalized spacial score (nSPS) is 14.7. The maximum atomic E-state index is 4.05. The molecule has 0 aromatic rings. The second kappa shape index (κ2) is 4.65. The molecule has 0 bridgehead atoms. The second-order valence-corrected chi connectivity index (χ2v) is 3.57. The first-order valence-electron chi connectivity index (χ1n) is 4.91. The molecule has 1 aliphatic rings. The summed E-state index contributed by atoms with van der Waals surface area (Å²) < 4.78 is 0. The lowest BCUT2D eigenvalue weighted by atomic mass is 10.1. The van der Waals surface area contributed by atoms with Gasteiger partial charge in [0.1, 0.15) is 0 Å². The third kappa shape index (κ3) is 2.18. The predicted molar refractivity (Wildman–Crippen MR) is 67.0 cm³/mol. The molecule has 0 radical (unpaired) electrons. The molecular formula is C14H17N. The Hall–Kier alpha value is -1.76. The average Bonchev–Trinajstić information content (AvgIpc) is 2.21. The van der Waals surface area contributed by atoms with Gasteiger partial charge < -0.3 is 4.90 Å². The topological polar surface area (TPSA) is 3.24 Å². The molecule has 0 N–H and O–H groups in total. The van der Waals surface area contributed by atoms with Crippen molar-refractivity contribution in [3.63, 3.8) is 0 Å². The van der Waals surface area contributed by atoms with Crippen molar-refractivity contribution in [1.82, 2.24) is 4.90 Å². The molecule has 0 saturated carbocycles. The molecule has 0 aromatic carbocycles. The quantitative estimate of drug-likeness (QED) is 0.623. The zero-order valence-electron chi connectivity index (χ0n) is 9.46. The van der Waals surface area contributed by atoms with Gasteiger partial charge in [-0.2, -0.15) is 0 Å². The van der Waals surface area contributed by atoms with Crippen LogP contribution in [0.2, 0.25) is 0 Å². The van der Waals surface area contributed by atoms with E-state index in [0.29, 0.717) is 0 Å². The van der Waals surface area contributed by atoms with E-state index in [4.69, 9.17) is 0 Å². The number of rotatable bonds is 3. The van der Waals surface area contributed by atoms with Gasteiger partial charge in [0.2, 0.25) is 0 Å². The fourth-order valence-corrected chi connectivity index (χ4v) is 1.51. The molecule has 1 rings (SSSR count). The maximum Gasteiger partial charge on any atom is 0.0455 e. The standard InChI is InChI=1S/C14H17N/c1-6-13-9-8-10-15(12(13)5)14(7-2)11(3)4/h6-10H,1-2,5H2,3-4H3. The first kappa shape index (κ1) is 11.3. The number of nitrogens with zero attached hydrogens (tertiary/aromatic N) is 1. The van der Waals surface area contributed by atoms with Gasteiger partial charge in [-0.1, -0.05) is 37.5 Å². The van der Waals surface area contributed by atoms with Crippen LogP contribution in [0.15, 0.2) is 72.8 Å². The molecule has 0 unspecified atom stereocenters. The van der Waals surface area contributed by atoms with Crippen molar-refractivity contribution in [2.75, 3.05) is 0 Å². The minimum atomic E-state index is 0.934. The highest BCUT2D eigenvalue weighted by atomic mass is 15.1. The Bertz CT molecular complexity index is 388. The highest BCUT2D eigenvalue weighted by Crippen LogP contribution is 2.25. The molecule has 15 heavy (non-hydrogen) atoms. The Balaban J connectivity index is 3.11. The molecule has 0 aliphatic carbocycles. The molecule has 0 amide bonds. The number of hydrogen-bond donors (Lipinski definition) is 0. The summed E-state index contributed by atoms with van der Waals surface area (Å²) in [6.07, 6.45) is 9.62. The van der Waals surface area contributed by atoms with E-state index in [2.05, 4.69) is 33.6 Å². The predicted octanol–water partition coefficient (Wildman–Crippen LogP) is 3.92. The van der Waals surface area contributed by atoms with Gasteiger partial charge in [0.25, 0.3) is 0 Å². The monoisotopic (exact) mass is 199 g/mol. The van der Waals surface area contributed by atoms with Crippen molar-refractivity contribution in [3.05, 3.63) is 72.8 Å². The lowest BCUT2D eigenvalue weighted by Gasteiger charge is -2.28. The molecule has 1 nitrogen and oxygen atoms in total. The first-order valence-corrected chi connectivity index (χ1v) is 4.91. The summed E-state index contributed by atoms with van der Waals surface area (Å²) in [5.41, 5.74) is 4.26. The van der Waals surface area contributed by atoms with E-state index in [1.165, 1.54) is 5.57 Å². The minimum Gasteiger partial charge on any atom is -0.317 e. The third-order valence-electron chi connectivity index (χ3n) is 2.32. The van der Waals surface area contributed by atoms with E-state index in [-0.39, 0.29) is 0 Å². The van der Waals surface area contributed by atoms with Crippen LogP contribution in [0.3, 0.4) is 0 Å². The summed E-state index contributed by atoms with van der Waals surface area (Å²) in [7, 11) is 0. The van der Waals surface area contributed by atoms with Crippen LogP contribution in [-0.2, 0) is 0 Å². The molecule has 0 fully saturated rings. The zero-order chi connectivity index (χ0) is 11.4. The van der Waals surface area contributed by atoms with Crippen molar-refractivity contribution in [1.29, 1.82) is 0 Å². The van der Waals surface area contributed by atoms with E-state index < -0.39 is 0 Å². The van der Waals surface area contributed by atoms with Crippen molar-refractivity contribution in [3.8, 4) is 0 Å². The number of hydrogen-bond acceptors (Lipinski definition) is 1. The van der Waals surface area contributed by atoms with E-state index in [1.807, 2.05) is 35.4 Å². The minimum absolute atomic E-state index is 0.934. The summed E-state index contributed by atoms with van der Waals surface area (Å²) in [6, 6.07) is 0. The van der Waals surface area contributed by atoms with Crippen LogP contribution in [0.25, 0.3) is 0 Å². The first-order chi connectivity index (χ1) is 7.11. The average molecular weight is 199 g/mol. The van der Waals surface area contributed by atoms with Gasteiger partial charge in [0.15, 0.2) is 0 Å². The van der Waals surface area contributed by atoms with E-state index in [9.17, 15) is 0 Å². The molecule has 0 aromatic heterocycles. The lowest BCUT2D eigenvalue weighted by molar-refractivity contribution is 0.596. The van der Waals surface area contributed by atoms with Crippen molar-refractivity contribution < 1.29 is 0 Å². The molecule has 1 heteroatoms. The highest BCUT2D eigenvalue weighted by Gasteiger charge is 2.13. The van der Waals surface area contributed by atoms with Gasteiger partial charge in [-0.15, -0.1) is 0 Å². The molecular weight excluding hydrogens is 182 g/mol. The maximum absolute atomic E-state index is 4.05. The number of allylic oxidation sites excluding steroid dienone is 5. The lowest BCUT2D eigenvalue weighted by Crippen LogP contribution is -2.18. The van der Waals surface area contributed by atoms with Crippen molar-refractivity contribution >= 4 is 0 Å². The Morgan fingerprint density at radius 3 is 2.47 bits per heavy atom. The van der Waals surface area contributed by atoms with E-state index in [1.54, 1.807) is 0 Å². The van der Waals surface area contributed by atoms with Crippen LogP contribution in [0.1, 0.15) is 13.8 Å². The summed E-state index contributed by atoms with van der Waals surface area (Å²) in [5, 5.41) is 0.